The molecule has 0 saturated carbocycles. The van der Waals surface area contributed by atoms with Crippen molar-refractivity contribution < 1.29 is 14.6 Å². The third kappa shape index (κ3) is 1.58. The summed E-state index contributed by atoms with van der Waals surface area (Å²) in [5.41, 5.74) is 2.77. The summed E-state index contributed by atoms with van der Waals surface area (Å²) in [6.07, 6.45) is 0. The third-order valence-electron chi connectivity index (χ3n) is 2.48. The Morgan fingerprint density at radius 2 is 1.86 bits per heavy atom. The molecule has 0 fully saturated rings. The van der Waals surface area contributed by atoms with E-state index in [1.165, 1.54) is 0 Å². The number of ether oxygens (including phenoxy) is 1. The molecule has 3 heteroatoms. The fraction of sp³-hybridized carbons (Fsp3) is 0.364. The van der Waals surface area contributed by atoms with Gasteiger partial charge in [0.15, 0.2) is 0 Å². The zero-order chi connectivity index (χ0) is 10.9. The summed E-state index contributed by atoms with van der Waals surface area (Å²) in [6.45, 7) is 5.44. The number of rotatable bonds is 2. The van der Waals surface area contributed by atoms with E-state index < -0.39 is 5.97 Å². The topological polar surface area (TPSA) is 46.5 Å². The Morgan fingerprint density at radius 3 is 2.29 bits per heavy atom. The quantitative estimate of drug-likeness (QED) is 0.785. The van der Waals surface area contributed by atoms with Crippen molar-refractivity contribution in [2.24, 2.45) is 0 Å². The van der Waals surface area contributed by atoms with Crippen molar-refractivity contribution in [3.63, 3.8) is 0 Å². The van der Waals surface area contributed by atoms with E-state index in [4.69, 9.17) is 9.84 Å². The molecule has 14 heavy (non-hydrogen) atoms. The van der Waals surface area contributed by atoms with Gasteiger partial charge >= 0.3 is 5.97 Å². The van der Waals surface area contributed by atoms with E-state index in [9.17, 15) is 4.79 Å². The van der Waals surface area contributed by atoms with Gasteiger partial charge < -0.3 is 9.84 Å². The van der Waals surface area contributed by atoms with Gasteiger partial charge in [-0.2, -0.15) is 0 Å². The Kier molecular flexibility index (Phi) is 2.79. The molecule has 0 amide bonds. The van der Waals surface area contributed by atoms with Crippen molar-refractivity contribution in [3.8, 4) is 5.75 Å². The number of methoxy groups -OCH3 is 1. The summed E-state index contributed by atoms with van der Waals surface area (Å²) < 4.78 is 5.15. The van der Waals surface area contributed by atoms with E-state index in [0.29, 0.717) is 5.56 Å². The molecule has 0 aromatic heterocycles. The molecule has 1 N–H and O–H groups in total. The van der Waals surface area contributed by atoms with Crippen molar-refractivity contribution in [2.45, 2.75) is 20.8 Å². The highest BCUT2D eigenvalue weighted by molar-refractivity contribution is 5.91. The first kappa shape index (κ1) is 10.6. The Hall–Kier alpha value is -1.51. The van der Waals surface area contributed by atoms with Crippen LogP contribution >= 0.6 is 0 Å². The second-order valence-electron chi connectivity index (χ2n) is 3.33. The molecule has 0 radical (unpaired) electrons. The molecule has 0 heterocycles. The minimum absolute atomic E-state index is 0.378. The molecule has 0 aliphatic heterocycles. The van der Waals surface area contributed by atoms with E-state index in [2.05, 4.69) is 0 Å². The van der Waals surface area contributed by atoms with Crippen LogP contribution in [-0.2, 0) is 0 Å². The molecule has 3 nitrogen and oxygen atoms in total. The summed E-state index contributed by atoms with van der Waals surface area (Å²) >= 11 is 0. The van der Waals surface area contributed by atoms with Crippen LogP contribution in [-0.4, -0.2) is 18.2 Å². The largest absolute Gasteiger partial charge is 0.496 e. The third-order valence-corrected chi connectivity index (χ3v) is 2.48. The SMILES string of the molecule is COc1cc(C)c(C(=O)O)c(C)c1C. The lowest BCUT2D eigenvalue weighted by atomic mass is 9.97. The van der Waals surface area contributed by atoms with Crippen LogP contribution in [0.25, 0.3) is 0 Å². The number of carboxylic acid groups (broad SMARTS) is 1. The molecule has 1 rings (SSSR count). The van der Waals surface area contributed by atoms with Crippen LogP contribution in [0.3, 0.4) is 0 Å². The lowest BCUT2D eigenvalue weighted by Gasteiger charge is -2.12. The monoisotopic (exact) mass is 194 g/mol. The van der Waals surface area contributed by atoms with Crippen LogP contribution in [0.5, 0.6) is 5.75 Å². The smallest absolute Gasteiger partial charge is 0.336 e. The van der Waals surface area contributed by atoms with Crippen molar-refractivity contribution in [1.29, 1.82) is 0 Å². The first-order chi connectivity index (χ1) is 6.49. The van der Waals surface area contributed by atoms with Gasteiger partial charge in [0, 0.05) is 0 Å². The first-order valence-corrected chi connectivity index (χ1v) is 4.37. The molecule has 76 valence electrons. The van der Waals surface area contributed by atoms with Gasteiger partial charge in [-0.3, -0.25) is 0 Å². The minimum Gasteiger partial charge on any atom is -0.496 e. The Balaban J connectivity index is 3.49. The lowest BCUT2D eigenvalue weighted by molar-refractivity contribution is 0.0695. The van der Waals surface area contributed by atoms with Crippen molar-refractivity contribution >= 4 is 5.97 Å². The lowest BCUT2D eigenvalue weighted by Crippen LogP contribution is -2.05. The Labute approximate surface area is 83.3 Å². The second kappa shape index (κ2) is 3.70. The maximum Gasteiger partial charge on any atom is 0.336 e. The van der Waals surface area contributed by atoms with Gasteiger partial charge in [0.05, 0.1) is 12.7 Å². The molecule has 0 atom stereocenters. The number of hydrogen-bond donors (Lipinski definition) is 1. The van der Waals surface area contributed by atoms with E-state index in [0.717, 1.165) is 22.4 Å². The maximum absolute atomic E-state index is 11.0. The number of aryl methyl sites for hydroxylation is 1. The van der Waals surface area contributed by atoms with Crippen molar-refractivity contribution in [1.82, 2.24) is 0 Å². The van der Waals surface area contributed by atoms with E-state index in [-0.39, 0.29) is 0 Å². The van der Waals surface area contributed by atoms with Gasteiger partial charge in [-0.25, -0.2) is 4.79 Å². The van der Waals surface area contributed by atoms with E-state index >= 15 is 0 Å². The first-order valence-electron chi connectivity index (χ1n) is 4.37. The van der Waals surface area contributed by atoms with E-state index in [1.54, 1.807) is 27.0 Å². The normalized spacial score (nSPS) is 10.0. The summed E-state index contributed by atoms with van der Waals surface area (Å²) in [5, 5.41) is 8.99. The molecule has 0 aliphatic rings. The number of aromatic carboxylic acids is 1. The van der Waals surface area contributed by atoms with Crippen LogP contribution in [0.4, 0.5) is 0 Å². The van der Waals surface area contributed by atoms with Gasteiger partial charge in [0.25, 0.3) is 0 Å². The zero-order valence-electron chi connectivity index (χ0n) is 8.84. The molecule has 0 spiro atoms. The fourth-order valence-corrected chi connectivity index (χ4v) is 1.59. The van der Waals surface area contributed by atoms with Crippen LogP contribution in [0.1, 0.15) is 27.0 Å². The average Bonchev–Trinajstić information content (AvgIpc) is 2.10. The number of carbonyl (C=O) groups is 1. The van der Waals surface area contributed by atoms with Crippen LogP contribution < -0.4 is 4.74 Å². The van der Waals surface area contributed by atoms with Crippen LogP contribution in [0, 0.1) is 20.8 Å². The predicted octanol–water partition coefficient (Wildman–Crippen LogP) is 2.32. The minimum atomic E-state index is -0.884. The molecule has 0 aliphatic carbocycles. The van der Waals surface area contributed by atoms with Crippen LogP contribution in [0.2, 0.25) is 0 Å². The average molecular weight is 194 g/mol. The number of hydrogen-bond acceptors (Lipinski definition) is 2. The highest BCUT2D eigenvalue weighted by Gasteiger charge is 2.15. The van der Waals surface area contributed by atoms with Gasteiger partial charge in [0.2, 0.25) is 0 Å². The highest BCUT2D eigenvalue weighted by atomic mass is 16.5. The predicted molar refractivity (Wildman–Crippen MR) is 54.2 cm³/mol. The second-order valence-corrected chi connectivity index (χ2v) is 3.33. The Bertz CT molecular complexity index is 381. The molecule has 1 aromatic carbocycles. The van der Waals surface area contributed by atoms with E-state index in [1.807, 2.05) is 6.92 Å². The standard InChI is InChI=1S/C11H14O3/c1-6-5-9(14-4)7(2)8(3)10(6)11(12)13/h5H,1-4H3,(H,12,13). The molecule has 0 unspecified atom stereocenters. The van der Waals surface area contributed by atoms with Gasteiger partial charge in [0.1, 0.15) is 5.75 Å². The number of carboxylic acids is 1. The molecular weight excluding hydrogens is 180 g/mol. The van der Waals surface area contributed by atoms with Crippen molar-refractivity contribution in [3.05, 3.63) is 28.3 Å². The summed E-state index contributed by atoms with van der Waals surface area (Å²) in [6, 6.07) is 1.76. The molecule has 1 aromatic rings. The summed E-state index contributed by atoms with van der Waals surface area (Å²) in [7, 11) is 1.58. The summed E-state index contributed by atoms with van der Waals surface area (Å²) in [4.78, 5) is 11.0. The van der Waals surface area contributed by atoms with Gasteiger partial charge in [-0.05, 0) is 43.5 Å². The highest BCUT2D eigenvalue weighted by Crippen LogP contribution is 2.27. The van der Waals surface area contributed by atoms with Gasteiger partial charge in [-0.15, -0.1) is 0 Å². The zero-order valence-corrected chi connectivity index (χ0v) is 8.84. The van der Waals surface area contributed by atoms with Gasteiger partial charge in [-0.1, -0.05) is 0 Å². The van der Waals surface area contributed by atoms with Crippen molar-refractivity contribution in [2.75, 3.05) is 7.11 Å². The van der Waals surface area contributed by atoms with Crippen LogP contribution in [0.15, 0.2) is 6.07 Å². The molecular formula is C11H14O3. The summed E-state index contributed by atoms with van der Waals surface area (Å²) in [5.74, 6) is -0.143. The molecule has 0 bridgehead atoms. The Morgan fingerprint density at radius 1 is 1.29 bits per heavy atom. The number of benzene rings is 1. The maximum atomic E-state index is 11.0. The molecule has 0 saturated heterocycles. The fourth-order valence-electron chi connectivity index (χ4n) is 1.59.